The minimum Gasteiger partial charge on any atom is -0.341 e. The summed E-state index contributed by atoms with van der Waals surface area (Å²) in [7, 11) is 0. The van der Waals surface area contributed by atoms with Crippen LogP contribution in [0.15, 0.2) is 0 Å². The average Bonchev–Trinajstić information content (AvgIpc) is 2.96. The molecule has 4 nitrogen and oxygen atoms in total. The van der Waals surface area contributed by atoms with Crippen LogP contribution in [0.5, 0.6) is 0 Å². The van der Waals surface area contributed by atoms with Gasteiger partial charge >= 0.3 is 0 Å². The summed E-state index contributed by atoms with van der Waals surface area (Å²) in [5.41, 5.74) is 0. The highest BCUT2D eigenvalue weighted by molar-refractivity contribution is 5.76. The average molecular weight is 251 g/mol. The van der Waals surface area contributed by atoms with E-state index in [1.54, 1.807) is 0 Å². The van der Waals surface area contributed by atoms with Crippen molar-refractivity contribution in [2.45, 2.75) is 50.6 Å². The first-order valence-corrected chi connectivity index (χ1v) is 7.57. The first kappa shape index (κ1) is 12.4. The molecule has 0 aliphatic carbocycles. The van der Waals surface area contributed by atoms with Gasteiger partial charge in [0.1, 0.15) is 0 Å². The van der Waals surface area contributed by atoms with Crippen molar-refractivity contribution in [3.63, 3.8) is 0 Å². The van der Waals surface area contributed by atoms with Crippen LogP contribution in [0.1, 0.15) is 38.5 Å². The van der Waals surface area contributed by atoms with Crippen LogP contribution in [0.25, 0.3) is 0 Å². The summed E-state index contributed by atoms with van der Waals surface area (Å²) >= 11 is 0. The van der Waals surface area contributed by atoms with Crippen LogP contribution in [-0.2, 0) is 4.79 Å². The minimum atomic E-state index is 0.372. The molecule has 0 radical (unpaired) electrons. The smallest absolute Gasteiger partial charge is 0.223 e. The van der Waals surface area contributed by atoms with E-state index in [-0.39, 0.29) is 0 Å². The molecule has 3 fully saturated rings. The molecule has 3 rings (SSSR count). The van der Waals surface area contributed by atoms with E-state index in [0.717, 1.165) is 32.5 Å². The Labute approximate surface area is 110 Å². The monoisotopic (exact) mass is 251 g/mol. The number of hydrogen-bond donors (Lipinski definition) is 1. The standard InChI is InChI=1S/C14H25N3O/c18-14(6-9-16-7-1-2-8-16)17-10-5-12-3-4-13(11-17)15-12/h12-13,15H,1-11H2. The van der Waals surface area contributed by atoms with E-state index in [1.807, 2.05) is 0 Å². The van der Waals surface area contributed by atoms with Gasteiger partial charge in [-0.25, -0.2) is 0 Å². The number of nitrogens with one attached hydrogen (secondary N) is 1. The molecule has 0 saturated carbocycles. The zero-order valence-electron chi connectivity index (χ0n) is 11.2. The molecule has 0 spiro atoms. The number of fused-ring (bicyclic) bond motifs is 2. The Hall–Kier alpha value is -0.610. The second-order valence-corrected chi connectivity index (χ2v) is 6.07. The Morgan fingerprint density at radius 3 is 2.67 bits per heavy atom. The number of hydrogen-bond acceptors (Lipinski definition) is 3. The molecule has 102 valence electrons. The highest BCUT2D eigenvalue weighted by Gasteiger charge is 2.31. The topological polar surface area (TPSA) is 35.6 Å². The third-order valence-corrected chi connectivity index (χ3v) is 4.72. The Balaban J connectivity index is 1.46. The fourth-order valence-electron chi connectivity index (χ4n) is 3.59. The fraction of sp³-hybridized carbons (Fsp3) is 0.929. The van der Waals surface area contributed by atoms with Crippen molar-refractivity contribution in [1.29, 1.82) is 0 Å². The van der Waals surface area contributed by atoms with Gasteiger partial charge in [-0.2, -0.15) is 0 Å². The van der Waals surface area contributed by atoms with E-state index in [9.17, 15) is 4.79 Å². The number of rotatable bonds is 3. The molecule has 2 bridgehead atoms. The molecule has 3 saturated heterocycles. The van der Waals surface area contributed by atoms with Gasteiger partial charge in [0.15, 0.2) is 0 Å². The summed E-state index contributed by atoms with van der Waals surface area (Å²) in [6.07, 6.45) is 7.04. The number of nitrogens with zero attached hydrogens (tertiary/aromatic N) is 2. The molecule has 2 unspecified atom stereocenters. The second kappa shape index (κ2) is 5.57. The van der Waals surface area contributed by atoms with Crippen molar-refractivity contribution in [3.8, 4) is 0 Å². The maximum Gasteiger partial charge on any atom is 0.223 e. The normalized spacial score (nSPS) is 32.8. The molecule has 18 heavy (non-hydrogen) atoms. The van der Waals surface area contributed by atoms with E-state index >= 15 is 0 Å². The van der Waals surface area contributed by atoms with E-state index in [4.69, 9.17) is 0 Å². The third kappa shape index (κ3) is 2.86. The van der Waals surface area contributed by atoms with E-state index < -0.39 is 0 Å². The SMILES string of the molecule is O=C(CCN1CCCC1)N1CCC2CCC(C1)N2. The lowest BCUT2D eigenvalue weighted by molar-refractivity contribution is -0.131. The van der Waals surface area contributed by atoms with Crippen molar-refractivity contribution >= 4 is 5.91 Å². The van der Waals surface area contributed by atoms with Crippen LogP contribution in [-0.4, -0.2) is 60.5 Å². The Kier molecular flexibility index (Phi) is 3.85. The predicted molar refractivity (Wildman–Crippen MR) is 71.4 cm³/mol. The highest BCUT2D eigenvalue weighted by Crippen LogP contribution is 2.20. The van der Waals surface area contributed by atoms with Gasteiger partial charge in [0, 0.05) is 38.1 Å². The number of carbonyl (C=O) groups excluding carboxylic acids is 1. The summed E-state index contributed by atoms with van der Waals surface area (Å²) < 4.78 is 0. The van der Waals surface area contributed by atoms with Crippen molar-refractivity contribution in [3.05, 3.63) is 0 Å². The van der Waals surface area contributed by atoms with E-state index in [1.165, 1.54) is 38.8 Å². The summed E-state index contributed by atoms with van der Waals surface area (Å²) in [4.78, 5) is 16.8. The lowest BCUT2D eigenvalue weighted by atomic mass is 10.1. The van der Waals surface area contributed by atoms with E-state index in [0.29, 0.717) is 18.0 Å². The Morgan fingerprint density at radius 2 is 1.83 bits per heavy atom. The van der Waals surface area contributed by atoms with Crippen LogP contribution in [0.2, 0.25) is 0 Å². The van der Waals surface area contributed by atoms with Crippen LogP contribution >= 0.6 is 0 Å². The van der Waals surface area contributed by atoms with Gasteiger partial charge in [-0.3, -0.25) is 4.79 Å². The fourth-order valence-corrected chi connectivity index (χ4v) is 3.59. The lowest BCUT2D eigenvalue weighted by Gasteiger charge is -2.25. The number of amides is 1. The first-order valence-electron chi connectivity index (χ1n) is 7.57. The molecule has 1 amide bonds. The van der Waals surface area contributed by atoms with Gasteiger partial charge < -0.3 is 15.1 Å². The molecular weight excluding hydrogens is 226 g/mol. The van der Waals surface area contributed by atoms with Gasteiger partial charge in [-0.15, -0.1) is 0 Å². The Bertz CT molecular complexity index is 301. The van der Waals surface area contributed by atoms with Gasteiger partial charge in [0.25, 0.3) is 0 Å². The number of likely N-dealkylation sites (tertiary alicyclic amines) is 2. The Morgan fingerprint density at radius 1 is 1.06 bits per heavy atom. The molecule has 2 atom stereocenters. The molecule has 3 aliphatic rings. The van der Waals surface area contributed by atoms with Crippen molar-refractivity contribution in [1.82, 2.24) is 15.1 Å². The van der Waals surface area contributed by atoms with Gasteiger partial charge in [0.2, 0.25) is 5.91 Å². The van der Waals surface area contributed by atoms with Crippen LogP contribution in [0, 0.1) is 0 Å². The maximum atomic E-state index is 12.3. The second-order valence-electron chi connectivity index (χ2n) is 6.07. The van der Waals surface area contributed by atoms with Crippen molar-refractivity contribution in [2.75, 3.05) is 32.7 Å². The van der Waals surface area contributed by atoms with Gasteiger partial charge in [-0.1, -0.05) is 0 Å². The lowest BCUT2D eigenvalue weighted by Crippen LogP contribution is -2.40. The van der Waals surface area contributed by atoms with Crippen LogP contribution < -0.4 is 5.32 Å². The van der Waals surface area contributed by atoms with Crippen LogP contribution in [0.4, 0.5) is 0 Å². The summed E-state index contributed by atoms with van der Waals surface area (Å²) in [5, 5.41) is 3.63. The molecule has 3 heterocycles. The third-order valence-electron chi connectivity index (χ3n) is 4.72. The molecule has 0 aromatic heterocycles. The maximum absolute atomic E-state index is 12.3. The zero-order valence-corrected chi connectivity index (χ0v) is 11.2. The molecule has 1 N–H and O–H groups in total. The summed E-state index contributed by atoms with van der Waals surface area (Å²) in [6.45, 7) is 5.26. The van der Waals surface area contributed by atoms with Crippen LogP contribution in [0.3, 0.4) is 0 Å². The van der Waals surface area contributed by atoms with Gasteiger partial charge in [-0.05, 0) is 45.2 Å². The van der Waals surface area contributed by atoms with E-state index in [2.05, 4.69) is 15.1 Å². The predicted octanol–water partition coefficient (Wildman–Crippen LogP) is 0.825. The molecular formula is C14H25N3O. The summed E-state index contributed by atoms with van der Waals surface area (Å²) in [6, 6.07) is 1.24. The quantitative estimate of drug-likeness (QED) is 0.807. The highest BCUT2D eigenvalue weighted by atomic mass is 16.2. The largest absolute Gasteiger partial charge is 0.341 e. The number of carbonyl (C=O) groups is 1. The van der Waals surface area contributed by atoms with Crippen molar-refractivity contribution in [2.24, 2.45) is 0 Å². The molecule has 0 aromatic carbocycles. The first-order chi connectivity index (χ1) is 8.81. The molecule has 0 aromatic rings. The molecule has 3 aliphatic heterocycles. The van der Waals surface area contributed by atoms with Crippen molar-refractivity contribution < 1.29 is 4.79 Å². The summed E-state index contributed by atoms with van der Waals surface area (Å²) in [5.74, 6) is 0.372. The zero-order chi connectivity index (χ0) is 12.4. The molecule has 4 heteroatoms. The van der Waals surface area contributed by atoms with Gasteiger partial charge in [0.05, 0.1) is 0 Å². The minimum absolute atomic E-state index is 0.372.